The summed E-state index contributed by atoms with van der Waals surface area (Å²) in [4.78, 5) is 13.5. The fourth-order valence-electron chi connectivity index (χ4n) is 4.18. The minimum atomic E-state index is 0.571. The second-order valence-corrected chi connectivity index (χ2v) is 7.88. The molecule has 0 bridgehead atoms. The third kappa shape index (κ3) is 3.49. The fourth-order valence-corrected chi connectivity index (χ4v) is 4.18. The lowest BCUT2D eigenvalue weighted by Gasteiger charge is -2.09. The summed E-state index contributed by atoms with van der Waals surface area (Å²) < 4.78 is 8.08. The third-order valence-electron chi connectivity index (χ3n) is 5.68. The van der Waals surface area contributed by atoms with Crippen molar-refractivity contribution in [2.45, 2.75) is 6.92 Å². The highest BCUT2D eigenvalue weighted by atomic mass is 16.5. The summed E-state index contributed by atoms with van der Waals surface area (Å²) in [5, 5.41) is 2.34. The molecule has 6 aromatic rings. The molecule has 0 N–H and O–H groups in total. The second kappa shape index (κ2) is 7.88. The topological polar surface area (TPSA) is 52.8 Å². The lowest BCUT2D eigenvalue weighted by Crippen LogP contribution is -2.01. The van der Waals surface area contributed by atoms with E-state index in [4.69, 9.17) is 9.72 Å². The van der Waals surface area contributed by atoms with Gasteiger partial charge in [0.2, 0.25) is 11.8 Å². The normalized spacial score (nSPS) is 11.2. The molecule has 0 amide bonds. The van der Waals surface area contributed by atoms with E-state index in [9.17, 15) is 0 Å². The lowest BCUT2D eigenvalue weighted by molar-refractivity contribution is 0.463. The van der Waals surface area contributed by atoms with E-state index < -0.39 is 0 Å². The van der Waals surface area contributed by atoms with Crippen molar-refractivity contribution >= 4 is 21.8 Å². The Morgan fingerprint density at radius 2 is 1.52 bits per heavy atom. The molecule has 0 saturated heterocycles. The average molecular weight is 428 g/mol. The zero-order valence-electron chi connectivity index (χ0n) is 18.0. The lowest BCUT2D eigenvalue weighted by atomic mass is 10.0. The Morgan fingerprint density at radius 1 is 0.667 bits per heavy atom. The summed E-state index contributed by atoms with van der Waals surface area (Å²) >= 11 is 0. The first-order valence-electron chi connectivity index (χ1n) is 10.8. The van der Waals surface area contributed by atoms with Gasteiger partial charge in [0, 0.05) is 34.9 Å². The molecular formula is C28H20N4O. The van der Waals surface area contributed by atoms with Crippen LogP contribution in [0.25, 0.3) is 38.9 Å². The van der Waals surface area contributed by atoms with Crippen molar-refractivity contribution in [3.8, 4) is 28.7 Å². The molecule has 3 aromatic heterocycles. The quantitative estimate of drug-likeness (QED) is 0.312. The van der Waals surface area contributed by atoms with Gasteiger partial charge in [-0.15, -0.1) is 0 Å². The van der Waals surface area contributed by atoms with E-state index >= 15 is 0 Å². The molecule has 0 aliphatic rings. The van der Waals surface area contributed by atoms with Crippen molar-refractivity contribution in [3.63, 3.8) is 0 Å². The number of benzene rings is 3. The fraction of sp³-hybridized carbons (Fsp3) is 0.0357. The molecule has 0 unspecified atom stereocenters. The van der Waals surface area contributed by atoms with E-state index in [2.05, 4.69) is 57.0 Å². The van der Waals surface area contributed by atoms with Crippen molar-refractivity contribution < 1.29 is 4.74 Å². The summed E-state index contributed by atoms with van der Waals surface area (Å²) in [6, 6.07) is 30.5. The van der Waals surface area contributed by atoms with Gasteiger partial charge in [0.1, 0.15) is 5.75 Å². The first kappa shape index (κ1) is 19.2. The van der Waals surface area contributed by atoms with E-state index in [1.165, 1.54) is 10.8 Å². The van der Waals surface area contributed by atoms with Crippen molar-refractivity contribution in [1.82, 2.24) is 19.5 Å². The van der Waals surface area contributed by atoms with Crippen molar-refractivity contribution in [2.75, 3.05) is 0 Å². The number of nitrogens with zero attached hydrogens (tertiary/aromatic N) is 4. The minimum Gasteiger partial charge on any atom is -0.439 e. The van der Waals surface area contributed by atoms with Crippen LogP contribution >= 0.6 is 0 Å². The van der Waals surface area contributed by atoms with Crippen molar-refractivity contribution in [3.05, 3.63) is 109 Å². The molecule has 0 aliphatic heterocycles. The molecule has 0 saturated carbocycles. The number of hydrogen-bond donors (Lipinski definition) is 0. The highest BCUT2D eigenvalue weighted by molar-refractivity contribution is 6.10. The molecule has 5 heteroatoms. The third-order valence-corrected chi connectivity index (χ3v) is 5.68. The Balaban J connectivity index is 1.51. The van der Waals surface area contributed by atoms with E-state index in [0.717, 1.165) is 33.6 Å². The minimum absolute atomic E-state index is 0.571. The summed E-state index contributed by atoms with van der Waals surface area (Å²) in [5.74, 6) is 1.99. The highest BCUT2D eigenvalue weighted by Gasteiger charge is 2.15. The van der Waals surface area contributed by atoms with Crippen molar-refractivity contribution in [2.24, 2.45) is 0 Å². The van der Waals surface area contributed by atoms with E-state index in [1.807, 2.05) is 55.5 Å². The van der Waals surface area contributed by atoms with Crippen LogP contribution in [0.4, 0.5) is 0 Å². The van der Waals surface area contributed by atoms with Crippen LogP contribution < -0.4 is 4.74 Å². The smallest absolute Gasteiger partial charge is 0.234 e. The zero-order chi connectivity index (χ0) is 22.2. The number of pyridine rings is 1. The largest absolute Gasteiger partial charge is 0.439 e. The van der Waals surface area contributed by atoms with Gasteiger partial charge in [-0.1, -0.05) is 48.5 Å². The van der Waals surface area contributed by atoms with Gasteiger partial charge in [-0.05, 0) is 54.4 Å². The summed E-state index contributed by atoms with van der Waals surface area (Å²) in [5.41, 5.74) is 5.23. The van der Waals surface area contributed by atoms with Crippen molar-refractivity contribution in [1.29, 1.82) is 0 Å². The Labute approximate surface area is 191 Å². The van der Waals surface area contributed by atoms with Crippen LogP contribution in [-0.4, -0.2) is 19.5 Å². The molecule has 0 radical (unpaired) electrons. The number of para-hydroxylation sites is 1. The number of rotatable bonds is 4. The molecule has 3 aromatic carbocycles. The molecule has 3 heterocycles. The van der Waals surface area contributed by atoms with Gasteiger partial charge in [-0.3, -0.25) is 4.57 Å². The first-order valence-corrected chi connectivity index (χ1v) is 10.8. The maximum absolute atomic E-state index is 5.95. The maximum atomic E-state index is 5.95. The standard InChI is InChI=1S/C28H20N4O/c1-19-14-16-30-28(31-19)32-25-10-3-2-9-23(25)24-13-12-21(18-26(24)32)20-7-6-8-22(17-20)33-27-11-4-5-15-29-27/h2-18H,1H3. The number of ether oxygens (including phenoxy) is 1. The van der Waals surface area contributed by atoms with Gasteiger partial charge < -0.3 is 4.74 Å². The number of fused-ring (bicyclic) bond motifs is 3. The number of hydrogen-bond acceptors (Lipinski definition) is 4. The SMILES string of the molecule is Cc1ccnc(-n2c3ccccc3c3ccc(-c4cccc(Oc5ccccn5)c4)cc32)n1. The van der Waals surface area contributed by atoms with E-state index in [0.29, 0.717) is 11.8 Å². The van der Waals surface area contributed by atoms with Crippen LogP contribution in [0.3, 0.4) is 0 Å². The van der Waals surface area contributed by atoms with E-state index in [-0.39, 0.29) is 0 Å². The summed E-state index contributed by atoms with van der Waals surface area (Å²) in [6.45, 7) is 1.98. The van der Waals surface area contributed by atoms with Gasteiger partial charge in [0.15, 0.2) is 0 Å². The van der Waals surface area contributed by atoms with Crippen LogP contribution in [0.1, 0.15) is 5.69 Å². The van der Waals surface area contributed by atoms with Crippen LogP contribution in [0.2, 0.25) is 0 Å². The molecule has 0 atom stereocenters. The number of aromatic nitrogens is 4. The van der Waals surface area contributed by atoms with Crippen LogP contribution in [-0.2, 0) is 0 Å². The highest BCUT2D eigenvalue weighted by Crippen LogP contribution is 2.35. The Bertz CT molecular complexity index is 1610. The second-order valence-electron chi connectivity index (χ2n) is 7.88. The molecule has 0 aliphatic carbocycles. The first-order chi connectivity index (χ1) is 16.3. The van der Waals surface area contributed by atoms with Gasteiger partial charge in [0.05, 0.1) is 11.0 Å². The number of aryl methyl sites for hydroxylation is 1. The molecular weight excluding hydrogens is 408 g/mol. The molecule has 158 valence electrons. The Kier molecular flexibility index (Phi) is 4.58. The summed E-state index contributed by atoms with van der Waals surface area (Å²) in [6.07, 6.45) is 3.53. The molecule has 0 fully saturated rings. The van der Waals surface area contributed by atoms with Crippen LogP contribution in [0.15, 0.2) is 103 Å². The molecule has 6 rings (SSSR count). The maximum Gasteiger partial charge on any atom is 0.234 e. The Hall–Kier alpha value is -4.51. The van der Waals surface area contributed by atoms with Crippen LogP contribution in [0, 0.1) is 6.92 Å². The summed E-state index contributed by atoms with van der Waals surface area (Å²) in [7, 11) is 0. The zero-order valence-corrected chi connectivity index (χ0v) is 18.0. The van der Waals surface area contributed by atoms with E-state index in [1.54, 1.807) is 12.4 Å². The predicted molar refractivity (Wildman–Crippen MR) is 131 cm³/mol. The predicted octanol–water partition coefficient (Wildman–Crippen LogP) is 6.74. The van der Waals surface area contributed by atoms with Crippen LogP contribution in [0.5, 0.6) is 11.6 Å². The van der Waals surface area contributed by atoms with Gasteiger partial charge in [-0.2, -0.15) is 0 Å². The monoisotopic (exact) mass is 428 g/mol. The molecule has 5 nitrogen and oxygen atoms in total. The molecule has 33 heavy (non-hydrogen) atoms. The average Bonchev–Trinajstić information content (AvgIpc) is 3.18. The van der Waals surface area contributed by atoms with Gasteiger partial charge >= 0.3 is 0 Å². The van der Waals surface area contributed by atoms with Gasteiger partial charge in [-0.25, -0.2) is 15.0 Å². The Morgan fingerprint density at radius 3 is 2.39 bits per heavy atom. The molecule has 0 spiro atoms. The van der Waals surface area contributed by atoms with Gasteiger partial charge in [0.25, 0.3) is 0 Å².